The summed E-state index contributed by atoms with van der Waals surface area (Å²) in [5.74, 6) is 0.737. The van der Waals surface area contributed by atoms with E-state index in [1.54, 1.807) is 0 Å². The fraction of sp³-hybridized carbons (Fsp3) is 0.375. The third-order valence-corrected chi connectivity index (χ3v) is 2.84. The Labute approximate surface area is 68.6 Å². The van der Waals surface area contributed by atoms with Crippen LogP contribution in [0.5, 0.6) is 0 Å². The fourth-order valence-corrected chi connectivity index (χ4v) is 2.12. The van der Waals surface area contributed by atoms with Gasteiger partial charge in [-0.05, 0) is 0 Å². The maximum absolute atomic E-state index is 3.31. The van der Waals surface area contributed by atoms with Crippen LogP contribution in [0.15, 0.2) is 23.8 Å². The van der Waals surface area contributed by atoms with Gasteiger partial charge in [0.05, 0.1) is 0 Å². The molecule has 1 unspecified atom stereocenters. The van der Waals surface area contributed by atoms with Gasteiger partial charge in [-0.1, -0.05) is 0 Å². The van der Waals surface area contributed by atoms with Gasteiger partial charge in [-0.15, -0.1) is 0 Å². The van der Waals surface area contributed by atoms with E-state index in [-0.39, 0.29) is 0 Å². The Hall–Kier alpha value is -0.331. The van der Waals surface area contributed by atoms with Crippen LogP contribution in [0.4, 0.5) is 0 Å². The Morgan fingerprint density at radius 3 is 3.30 bits per heavy atom. The molecule has 1 fully saturated rings. The normalized spacial score (nSPS) is 29.4. The molecule has 52 valence electrons. The molecule has 1 aliphatic carbocycles. The molecule has 1 saturated heterocycles. The molecule has 0 aromatic heterocycles. The van der Waals surface area contributed by atoms with Gasteiger partial charge in [0.2, 0.25) is 0 Å². The first-order chi connectivity index (χ1) is 4.88. The van der Waals surface area contributed by atoms with Gasteiger partial charge in [0.15, 0.2) is 0 Å². The molecule has 1 nitrogen and oxygen atoms in total. The minimum absolute atomic E-state index is 0.737. The molecule has 1 N–H and O–H groups in total. The van der Waals surface area contributed by atoms with Crippen LogP contribution >= 0.6 is 0 Å². The zero-order valence-corrected chi connectivity index (χ0v) is 7.34. The molecule has 0 aromatic carbocycles. The first kappa shape index (κ1) is 6.38. The number of allylic oxidation sites excluding steroid dienone is 3. The van der Waals surface area contributed by atoms with Crippen LogP contribution in [0.1, 0.15) is 6.42 Å². The van der Waals surface area contributed by atoms with Crippen molar-refractivity contribution >= 4 is 20.1 Å². The first-order valence-corrected chi connectivity index (χ1v) is 4.38. The molecule has 2 aliphatic rings. The summed E-state index contributed by atoms with van der Waals surface area (Å²) in [6.45, 7) is 1.11. The van der Waals surface area contributed by atoms with E-state index in [1.807, 2.05) is 0 Å². The van der Waals surface area contributed by atoms with Crippen LogP contribution in [0.2, 0.25) is 0 Å². The van der Waals surface area contributed by atoms with E-state index in [2.05, 4.69) is 39.1 Å². The van der Waals surface area contributed by atoms with Gasteiger partial charge in [0.25, 0.3) is 0 Å². The van der Waals surface area contributed by atoms with E-state index in [1.165, 1.54) is 16.5 Å². The Morgan fingerprint density at radius 2 is 2.50 bits per heavy atom. The van der Waals surface area contributed by atoms with E-state index in [0.717, 1.165) is 12.5 Å². The number of nitrogens with one attached hydrogen (secondary N) is 1. The fourth-order valence-electron chi connectivity index (χ4n) is 1.45. The second kappa shape index (κ2) is 2.37. The number of rotatable bonds is 0. The molecule has 0 bridgehead atoms. The van der Waals surface area contributed by atoms with Crippen molar-refractivity contribution in [3.05, 3.63) is 23.8 Å². The van der Waals surface area contributed by atoms with Crippen molar-refractivity contribution in [3.8, 4) is 0 Å². The van der Waals surface area contributed by atoms with Crippen LogP contribution in [-0.4, -0.2) is 26.7 Å². The molecule has 0 aromatic rings. The van der Waals surface area contributed by atoms with E-state index in [0.29, 0.717) is 0 Å². The first-order valence-electron chi connectivity index (χ1n) is 3.53. The van der Waals surface area contributed by atoms with Crippen molar-refractivity contribution in [1.82, 2.24) is 5.32 Å². The average Bonchev–Trinajstić information content (AvgIpc) is 2.34. The Morgan fingerprint density at radius 1 is 1.60 bits per heavy atom. The van der Waals surface area contributed by atoms with Crippen molar-refractivity contribution in [3.63, 3.8) is 0 Å². The molecule has 0 amide bonds. The third kappa shape index (κ3) is 0.882. The van der Waals surface area contributed by atoms with Crippen molar-refractivity contribution < 1.29 is 0 Å². The van der Waals surface area contributed by atoms with Crippen LogP contribution in [0.25, 0.3) is 0 Å². The third-order valence-electron chi connectivity index (χ3n) is 2.04. The van der Waals surface area contributed by atoms with Gasteiger partial charge >= 0.3 is 68.1 Å². The standard InChI is InChI=1S/C8H9NSe/c10-8-7-4-2-1-3-6(7)5-9-8/h1-2,4,6H,3,5H2,(H,9,10). The molecule has 0 radical (unpaired) electrons. The summed E-state index contributed by atoms with van der Waals surface area (Å²) in [6.07, 6.45) is 7.76. The Balaban J connectivity index is 2.33. The zero-order valence-electron chi connectivity index (χ0n) is 5.63. The van der Waals surface area contributed by atoms with E-state index in [9.17, 15) is 0 Å². The van der Waals surface area contributed by atoms with Crippen molar-refractivity contribution in [2.45, 2.75) is 6.42 Å². The van der Waals surface area contributed by atoms with Crippen molar-refractivity contribution in [2.75, 3.05) is 6.54 Å². The van der Waals surface area contributed by atoms with E-state index >= 15 is 0 Å². The van der Waals surface area contributed by atoms with Gasteiger partial charge in [0.1, 0.15) is 0 Å². The molecule has 1 atom stereocenters. The van der Waals surface area contributed by atoms with Crippen LogP contribution in [0, 0.1) is 5.92 Å². The van der Waals surface area contributed by atoms with Gasteiger partial charge in [-0.3, -0.25) is 0 Å². The Kier molecular flexibility index (Phi) is 1.51. The summed E-state index contributed by atoms with van der Waals surface area (Å²) < 4.78 is 1.24. The van der Waals surface area contributed by atoms with Gasteiger partial charge in [0, 0.05) is 0 Å². The van der Waals surface area contributed by atoms with Gasteiger partial charge in [-0.2, -0.15) is 0 Å². The van der Waals surface area contributed by atoms with Crippen LogP contribution < -0.4 is 5.32 Å². The molecule has 1 aliphatic heterocycles. The molecule has 0 spiro atoms. The predicted octanol–water partition coefficient (Wildman–Crippen LogP) is 0.390. The van der Waals surface area contributed by atoms with Gasteiger partial charge in [-0.25, -0.2) is 0 Å². The van der Waals surface area contributed by atoms with Crippen molar-refractivity contribution in [1.29, 1.82) is 0 Å². The van der Waals surface area contributed by atoms with Crippen molar-refractivity contribution in [2.24, 2.45) is 5.92 Å². The molecule has 10 heavy (non-hydrogen) atoms. The minimum atomic E-state index is 0.737. The monoisotopic (exact) mass is 199 g/mol. The molecule has 1 heterocycles. The summed E-state index contributed by atoms with van der Waals surface area (Å²) in [7, 11) is 0. The zero-order chi connectivity index (χ0) is 6.97. The van der Waals surface area contributed by atoms with E-state index < -0.39 is 0 Å². The number of hydrogen-bond acceptors (Lipinski definition) is 1. The quantitative estimate of drug-likeness (QED) is 0.555. The SMILES string of the molecule is [Se]=C1NCC2CC=CC=C12. The summed E-state index contributed by atoms with van der Waals surface area (Å²) in [5.41, 5.74) is 1.46. The van der Waals surface area contributed by atoms with Crippen LogP contribution in [0.3, 0.4) is 0 Å². The predicted molar refractivity (Wildman–Crippen MR) is 44.1 cm³/mol. The number of fused-ring (bicyclic) bond motifs is 1. The molecular weight excluding hydrogens is 189 g/mol. The maximum atomic E-state index is 3.31. The molecule has 2 rings (SSSR count). The molecule has 2 heteroatoms. The second-order valence-electron chi connectivity index (χ2n) is 2.69. The molecular formula is C8H9NSe. The summed E-state index contributed by atoms with van der Waals surface area (Å²) >= 11 is 3.04. The number of hydrogen-bond donors (Lipinski definition) is 1. The van der Waals surface area contributed by atoms with Gasteiger partial charge < -0.3 is 0 Å². The average molecular weight is 198 g/mol. The summed E-state index contributed by atoms with van der Waals surface area (Å²) in [4.78, 5) is 0. The second-order valence-corrected chi connectivity index (χ2v) is 3.55. The molecule has 0 saturated carbocycles. The topological polar surface area (TPSA) is 12.0 Å². The van der Waals surface area contributed by atoms with E-state index in [4.69, 9.17) is 0 Å². The summed E-state index contributed by atoms with van der Waals surface area (Å²) in [6, 6.07) is 0. The summed E-state index contributed by atoms with van der Waals surface area (Å²) in [5, 5.41) is 3.31. The Bertz CT molecular complexity index is 227. The van der Waals surface area contributed by atoms with Crippen LogP contribution in [-0.2, 0) is 0 Å².